The van der Waals surface area contributed by atoms with Gasteiger partial charge in [-0.2, -0.15) is 4.31 Å². The number of hydrogen-bond acceptors (Lipinski definition) is 5. The van der Waals surface area contributed by atoms with Gasteiger partial charge in [0.05, 0.1) is 17.6 Å². The Kier molecular flexibility index (Phi) is 3.34. The number of rotatable bonds is 3. The molecule has 1 saturated heterocycles. The first-order valence-corrected chi connectivity index (χ1v) is 8.92. The highest BCUT2D eigenvalue weighted by atomic mass is 32.2. The van der Waals surface area contributed by atoms with Gasteiger partial charge in [0.2, 0.25) is 0 Å². The lowest BCUT2D eigenvalue weighted by Gasteiger charge is -2.53. The summed E-state index contributed by atoms with van der Waals surface area (Å²) >= 11 is 1.11. The van der Waals surface area contributed by atoms with Gasteiger partial charge < -0.3 is 5.11 Å². The predicted octanol–water partition coefficient (Wildman–Crippen LogP) is 1.55. The zero-order valence-electron chi connectivity index (χ0n) is 10.9. The molecule has 20 heavy (non-hydrogen) atoms. The standard InChI is InChI=1S/C12H16N2O4S2/c15-11(16)9-2-5-14(12(6-9)3-1-4-12)20(17,18)10-7-13-8-19-10/h7-9H,1-6H2,(H,15,16). The van der Waals surface area contributed by atoms with Crippen molar-refractivity contribution in [2.45, 2.75) is 41.9 Å². The molecule has 2 heterocycles. The molecular weight excluding hydrogens is 300 g/mol. The van der Waals surface area contributed by atoms with Crippen molar-refractivity contribution in [3.05, 3.63) is 11.7 Å². The minimum absolute atomic E-state index is 0.248. The van der Waals surface area contributed by atoms with Crippen molar-refractivity contribution in [2.24, 2.45) is 5.92 Å². The van der Waals surface area contributed by atoms with Gasteiger partial charge in [0.15, 0.2) is 4.21 Å². The lowest BCUT2D eigenvalue weighted by atomic mass is 9.68. The van der Waals surface area contributed by atoms with Crippen LogP contribution in [-0.4, -0.2) is 40.9 Å². The smallest absolute Gasteiger partial charge is 0.306 e. The molecule has 2 fully saturated rings. The molecule has 8 heteroatoms. The Hall–Kier alpha value is -0.990. The Morgan fingerprint density at radius 3 is 2.75 bits per heavy atom. The third-order valence-corrected chi connectivity index (χ3v) is 7.67. The third-order valence-electron chi connectivity index (χ3n) is 4.42. The molecule has 1 saturated carbocycles. The second kappa shape index (κ2) is 4.78. The normalized spacial score (nSPS) is 26.3. The zero-order valence-corrected chi connectivity index (χ0v) is 12.5. The van der Waals surface area contributed by atoms with Crippen molar-refractivity contribution < 1.29 is 18.3 Å². The van der Waals surface area contributed by atoms with Crippen LogP contribution in [0.15, 0.2) is 15.9 Å². The van der Waals surface area contributed by atoms with Crippen molar-refractivity contribution in [1.29, 1.82) is 0 Å². The Bertz CT molecular complexity index is 607. The van der Waals surface area contributed by atoms with Gasteiger partial charge in [0, 0.05) is 12.1 Å². The summed E-state index contributed by atoms with van der Waals surface area (Å²) in [5.41, 5.74) is 1.02. The maximum absolute atomic E-state index is 12.7. The molecule has 0 radical (unpaired) electrons. The van der Waals surface area contributed by atoms with E-state index in [-0.39, 0.29) is 10.8 Å². The van der Waals surface area contributed by atoms with Crippen molar-refractivity contribution >= 4 is 27.3 Å². The minimum atomic E-state index is -3.54. The Balaban J connectivity index is 1.92. The van der Waals surface area contributed by atoms with Crippen LogP contribution in [0.4, 0.5) is 0 Å². The van der Waals surface area contributed by atoms with E-state index >= 15 is 0 Å². The highest BCUT2D eigenvalue weighted by molar-refractivity contribution is 7.91. The van der Waals surface area contributed by atoms with Gasteiger partial charge in [-0.3, -0.25) is 9.78 Å². The number of carboxylic acids is 1. The fraction of sp³-hybridized carbons (Fsp3) is 0.667. The maximum Gasteiger partial charge on any atom is 0.306 e. The van der Waals surface area contributed by atoms with E-state index in [1.54, 1.807) is 0 Å². The molecular formula is C12H16N2O4S2. The van der Waals surface area contributed by atoms with Crippen LogP contribution in [0.1, 0.15) is 32.1 Å². The first kappa shape index (κ1) is 14.0. The van der Waals surface area contributed by atoms with Crippen molar-refractivity contribution in [3.63, 3.8) is 0 Å². The van der Waals surface area contributed by atoms with E-state index in [1.165, 1.54) is 16.0 Å². The first-order valence-electron chi connectivity index (χ1n) is 6.60. The SMILES string of the molecule is O=C(O)C1CCN(S(=O)(=O)c2cncs2)C2(CCC2)C1. The third kappa shape index (κ3) is 2.06. The average molecular weight is 316 g/mol. The topological polar surface area (TPSA) is 87.6 Å². The van der Waals surface area contributed by atoms with Crippen LogP contribution in [0, 0.1) is 5.92 Å². The van der Waals surface area contributed by atoms with E-state index in [2.05, 4.69) is 4.98 Å². The summed E-state index contributed by atoms with van der Waals surface area (Å²) in [4.78, 5) is 15.0. The zero-order chi connectivity index (χ0) is 14.4. The van der Waals surface area contributed by atoms with Gasteiger partial charge >= 0.3 is 5.97 Å². The Morgan fingerprint density at radius 1 is 1.50 bits per heavy atom. The molecule has 1 atom stereocenters. The molecule has 1 aromatic heterocycles. The van der Waals surface area contributed by atoms with E-state index in [0.29, 0.717) is 12.8 Å². The van der Waals surface area contributed by atoms with Crippen LogP contribution in [0.2, 0.25) is 0 Å². The second-order valence-corrected chi connectivity index (χ2v) is 8.48. The fourth-order valence-electron chi connectivity index (χ4n) is 3.24. The van der Waals surface area contributed by atoms with E-state index in [4.69, 9.17) is 0 Å². The molecule has 110 valence electrons. The molecule has 3 rings (SSSR count). The van der Waals surface area contributed by atoms with E-state index in [1.807, 2.05) is 0 Å². The molecule has 6 nitrogen and oxygen atoms in total. The van der Waals surface area contributed by atoms with E-state index in [9.17, 15) is 18.3 Å². The number of aliphatic carboxylic acids is 1. The summed E-state index contributed by atoms with van der Waals surface area (Å²) in [6, 6.07) is 0. The Labute approximate surface area is 121 Å². The number of aromatic nitrogens is 1. The summed E-state index contributed by atoms with van der Waals surface area (Å²) in [5, 5.41) is 9.19. The lowest BCUT2D eigenvalue weighted by Crippen LogP contribution is -2.60. The van der Waals surface area contributed by atoms with Gasteiger partial charge in [0.25, 0.3) is 10.0 Å². The lowest BCUT2D eigenvalue weighted by molar-refractivity contribution is -0.146. The van der Waals surface area contributed by atoms with Gasteiger partial charge in [-0.25, -0.2) is 8.42 Å². The van der Waals surface area contributed by atoms with Crippen LogP contribution >= 0.6 is 11.3 Å². The van der Waals surface area contributed by atoms with Crippen molar-refractivity contribution in [2.75, 3.05) is 6.54 Å². The van der Waals surface area contributed by atoms with Crippen LogP contribution < -0.4 is 0 Å². The number of sulfonamides is 1. The monoisotopic (exact) mass is 316 g/mol. The quantitative estimate of drug-likeness (QED) is 0.914. The average Bonchev–Trinajstić information content (AvgIpc) is 2.90. The fourth-order valence-corrected chi connectivity index (χ4v) is 5.99. The molecule has 0 aromatic carbocycles. The molecule has 1 spiro atoms. The number of piperidine rings is 1. The van der Waals surface area contributed by atoms with Gasteiger partial charge in [0.1, 0.15) is 0 Å². The Morgan fingerprint density at radius 2 is 2.25 bits per heavy atom. The molecule has 1 N–H and O–H groups in total. The highest BCUT2D eigenvalue weighted by Gasteiger charge is 2.53. The second-order valence-electron chi connectivity index (χ2n) is 5.50. The predicted molar refractivity (Wildman–Crippen MR) is 72.9 cm³/mol. The van der Waals surface area contributed by atoms with E-state index < -0.39 is 27.4 Å². The number of nitrogens with zero attached hydrogens (tertiary/aromatic N) is 2. The highest BCUT2D eigenvalue weighted by Crippen LogP contribution is 2.48. The van der Waals surface area contributed by atoms with Crippen LogP contribution in [0.25, 0.3) is 0 Å². The molecule has 0 amide bonds. The van der Waals surface area contributed by atoms with Crippen molar-refractivity contribution in [1.82, 2.24) is 9.29 Å². The number of carbonyl (C=O) groups is 1. The summed E-state index contributed by atoms with van der Waals surface area (Å²) in [6.07, 6.45) is 4.66. The number of carboxylic acid groups (broad SMARTS) is 1. The van der Waals surface area contributed by atoms with Gasteiger partial charge in [-0.15, -0.1) is 11.3 Å². The number of thiazole rings is 1. The van der Waals surface area contributed by atoms with Crippen LogP contribution in [-0.2, 0) is 14.8 Å². The minimum Gasteiger partial charge on any atom is -0.481 e. The summed E-state index contributed by atoms with van der Waals surface area (Å²) in [5.74, 6) is -1.24. The molecule has 2 aliphatic rings. The van der Waals surface area contributed by atoms with Gasteiger partial charge in [-0.1, -0.05) is 0 Å². The van der Waals surface area contributed by atoms with E-state index in [0.717, 1.165) is 30.6 Å². The molecule has 1 aromatic rings. The first-order chi connectivity index (χ1) is 9.46. The molecule has 1 aliphatic heterocycles. The van der Waals surface area contributed by atoms with Crippen molar-refractivity contribution in [3.8, 4) is 0 Å². The van der Waals surface area contributed by atoms with Crippen LogP contribution in [0.5, 0.6) is 0 Å². The summed E-state index contributed by atoms with van der Waals surface area (Å²) in [6.45, 7) is 0.289. The molecule has 0 bridgehead atoms. The summed E-state index contributed by atoms with van der Waals surface area (Å²) in [7, 11) is -3.54. The van der Waals surface area contributed by atoms with Gasteiger partial charge in [-0.05, 0) is 32.1 Å². The molecule has 1 aliphatic carbocycles. The number of hydrogen-bond donors (Lipinski definition) is 1. The molecule has 1 unspecified atom stereocenters. The van der Waals surface area contributed by atoms with Crippen LogP contribution in [0.3, 0.4) is 0 Å². The summed E-state index contributed by atoms with van der Waals surface area (Å²) < 4.78 is 27.2. The largest absolute Gasteiger partial charge is 0.481 e. The maximum atomic E-state index is 12.7.